The molecule has 4 heteroatoms. The summed E-state index contributed by atoms with van der Waals surface area (Å²) in [4.78, 5) is 0.855. The molecule has 0 bridgehead atoms. The monoisotopic (exact) mass is 331 g/mol. The number of nitrogens with one attached hydrogen (secondary N) is 1. The van der Waals surface area contributed by atoms with Crippen molar-refractivity contribution in [3.8, 4) is 0 Å². The van der Waals surface area contributed by atoms with Crippen LogP contribution in [0, 0.1) is 0 Å². The van der Waals surface area contributed by atoms with Gasteiger partial charge in [-0.2, -0.15) is 0 Å². The molecule has 23 heavy (non-hydrogen) atoms. The SMILES string of the molecule is CC1(C)CC(N[S@@](=O)c2ccc3ccccc3c2)CC(C)(C)[NH2+]1. The van der Waals surface area contributed by atoms with Gasteiger partial charge in [-0.1, -0.05) is 30.3 Å². The standard InChI is InChI=1S/C19H26N2OS/c1-18(2)12-16(13-19(3,4)21-18)20-23(22)17-10-9-14-7-5-6-8-15(14)11-17/h5-11,16,20-21H,12-13H2,1-4H3/p+1/t23-/m0/s1. The summed E-state index contributed by atoms with van der Waals surface area (Å²) >= 11 is 0. The fourth-order valence-electron chi connectivity index (χ4n) is 4.10. The zero-order valence-corrected chi connectivity index (χ0v) is 15.2. The number of fused-ring (bicyclic) bond motifs is 1. The highest BCUT2D eigenvalue weighted by atomic mass is 32.2. The molecule has 1 fully saturated rings. The van der Waals surface area contributed by atoms with Crippen LogP contribution in [-0.4, -0.2) is 21.3 Å². The maximum absolute atomic E-state index is 12.8. The van der Waals surface area contributed by atoms with Crippen molar-refractivity contribution in [1.82, 2.24) is 4.72 Å². The van der Waals surface area contributed by atoms with Gasteiger partial charge < -0.3 is 5.32 Å². The Morgan fingerprint density at radius 3 is 2.26 bits per heavy atom. The second-order valence-corrected chi connectivity index (χ2v) is 9.37. The molecular formula is C19H27N2OS+. The third kappa shape index (κ3) is 4.00. The molecule has 1 saturated heterocycles. The van der Waals surface area contributed by atoms with Gasteiger partial charge in [-0.05, 0) is 50.6 Å². The molecule has 0 radical (unpaired) electrons. The molecule has 0 aromatic heterocycles. The highest BCUT2D eigenvalue weighted by molar-refractivity contribution is 7.83. The molecule has 2 aromatic carbocycles. The molecule has 0 spiro atoms. The normalized spacial score (nSPS) is 22.1. The van der Waals surface area contributed by atoms with Crippen molar-refractivity contribution < 1.29 is 9.53 Å². The van der Waals surface area contributed by atoms with Crippen molar-refractivity contribution in [2.24, 2.45) is 0 Å². The lowest BCUT2D eigenvalue weighted by molar-refractivity contribution is -0.787. The van der Waals surface area contributed by atoms with Crippen LogP contribution in [-0.2, 0) is 11.0 Å². The van der Waals surface area contributed by atoms with Crippen LogP contribution in [0.3, 0.4) is 0 Å². The molecule has 1 heterocycles. The number of nitrogens with two attached hydrogens (primary N) is 1. The van der Waals surface area contributed by atoms with E-state index in [1.807, 2.05) is 30.3 Å². The highest BCUT2D eigenvalue weighted by Gasteiger charge is 2.42. The smallest absolute Gasteiger partial charge is 0.125 e. The van der Waals surface area contributed by atoms with Gasteiger partial charge >= 0.3 is 0 Å². The van der Waals surface area contributed by atoms with Gasteiger partial charge in [0.05, 0.1) is 16.0 Å². The second-order valence-electron chi connectivity index (χ2n) is 8.12. The minimum absolute atomic E-state index is 0.174. The minimum Gasteiger partial charge on any atom is -0.337 e. The zero-order valence-electron chi connectivity index (χ0n) is 14.4. The van der Waals surface area contributed by atoms with Crippen LogP contribution in [0.25, 0.3) is 10.8 Å². The summed E-state index contributed by atoms with van der Waals surface area (Å²) in [7, 11) is -1.17. The summed E-state index contributed by atoms with van der Waals surface area (Å²) in [5.41, 5.74) is 0.347. The fraction of sp³-hybridized carbons (Fsp3) is 0.474. The van der Waals surface area contributed by atoms with E-state index in [9.17, 15) is 4.21 Å². The first-order valence-electron chi connectivity index (χ1n) is 8.28. The molecule has 2 aromatic rings. The Morgan fingerprint density at radius 1 is 1.00 bits per heavy atom. The average molecular weight is 332 g/mol. The fourth-order valence-corrected chi connectivity index (χ4v) is 5.13. The molecule has 0 unspecified atom stereocenters. The Bertz CT molecular complexity index is 723. The van der Waals surface area contributed by atoms with Gasteiger partial charge in [-0.3, -0.25) is 0 Å². The summed E-state index contributed by atoms with van der Waals surface area (Å²) in [5, 5.41) is 4.76. The number of quaternary nitrogens is 1. The second kappa shape index (κ2) is 6.00. The van der Waals surface area contributed by atoms with Gasteiger partial charge in [-0.15, -0.1) is 0 Å². The Hall–Kier alpha value is -1.23. The first kappa shape index (κ1) is 16.6. The molecule has 124 valence electrons. The maximum Gasteiger partial charge on any atom is 0.125 e. The lowest BCUT2D eigenvalue weighted by Crippen LogP contribution is -3.06. The Morgan fingerprint density at radius 2 is 1.61 bits per heavy atom. The molecule has 0 amide bonds. The van der Waals surface area contributed by atoms with Crippen LogP contribution in [0.1, 0.15) is 40.5 Å². The van der Waals surface area contributed by atoms with E-state index in [-0.39, 0.29) is 17.1 Å². The quantitative estimate of drug-likeness (QED) is 0.892. The summed E-state index contributed by atoms with van der Waals surface area (Å²) in [5.74, 6) is 0. The molecular weight excluding hydrogens is 304 g/mol. The lowest BCUT2D eigenvalue weighted by Gasteiger charge is -2.42. The number of piperidine rings is 1. The maximum atomic E-state index is 12.8. The van der Waals surface area contributed by atoms with E-state index in [0.717, 1.165) is 23.1 Å². The van der Waals surface area contributed by atoms with Gasteiger partial charge in [0.1, 0.15) is 11.0 Å². The van der Waals surface area contributed by atoms with Crippen molar-refractivity contribution in [2.45, 2.75) is 62.6 Å². The highest BCUT2D eigenvalue weighted by Crippen LogP contribution is 2.23. The molecule has 3 nitrogen and oxygen atoms in total. The van der Waals surface area contributed by atoms with Gasteiger partial charge in [0, 0.05) is 18.9 Å². The Labute approximate surface area is 141 Å². The lowest BCUT2D eigenvalue weighted by atomic mass is 9.80. The van der Waals surface area contributed by atoms with Crippen molar-refractivity contribution in [3.63, 3.8) is 0 Å². The largest absolute Gasteiger partial charge is 0.337 e. The number of benzene rings is 2. The third-order valence-electron chi connectivity index (χ3n) is 4.54. The summed E-state index contributed by atoms with van der Waals surface area (Å²) in [6.45, 7) is 9.06. The minimum atomic E-state index is -1.17. The van der Waals surface area contributed by atoms with Gasteiger partial charge in [0.15, 0.2) is 0 Å². The first-order chi connectivity index (χ1) is 10.7. The van der Waals surface area contributed by atoms with E-state index in [1.54, 1.807) is 0 Å². The third-order valence-corrected chi connectivity index (χ3v) is 5.76. The van der Waals surface area contributed by atoms with Gasteiger partial charge in [0.2, 0.25) is 0 Å². The number of rotatable bonds is 3. The molecule has 0 saturated carbocycles. The van der Waals surface area contributed by atoms with E-state index in [4.69, 9.17) is 0 Å². The Kier molecular flexibility index (Phi) is 4.34. The number of hydrogen-bond donors (Lipinski definition) is 2. The molecule has 1 atom stereocenters. The van der Waals surface area contributed by atoms with Gasteiger partial charge in [0.25, 0.3) is 0 Å². The molecule has 0 aliphatic carbocycles. The predicted molar refractivity (Wildman–Crippen MR) is 96.6 cm³/mol. The van der Waals surface area contributed by atoms with Gasteiger partial charge in [-0.25, -0.2) is 8.93 Å². The number of hydrogen-bond acceptors (Lipinski definition) is 1. The van der Waals surface area contributed by atoms with E-state index in [0.29, 0.717) is 0 Å². The van der Waals surface area contributed by atoms with Crippen molar-refractivity contribution in [2.75, 3.05) is 0 Å². The van der Waals surface area contributed by atoms with Crippen molar-refractivity contribution in [1.29, 1.82) is 0 Å². The topological polar surface area (TPSA) is 45.7 Å². The predicted octanol–water partition coefficient (Wildman–Crippen LogP) is 2.74. The van der Waals surface area contributed by atoms with Crippen LogP contribution in [0.15, 0.2) is 47.4 Å². The van der Waals surface area contributed by atoms with E-state index >= 15 is 0 Å². The molecule has 1 aliphatic heterocycles. The van der Waals surface area contributed by atoms with Crippen LogP contribution in [0.4, 0.5) is 0 Å². The Balaban J connectivity index is 1.77. The average Bonchev–Trinajstić information content (AvgIpc) is 2.43. The van der Waals surface area contributed by atoms with E-state index < -0.39 is 11.0 Å². The summed E-state index contributed by atoms with van der Waals surface area (Å²) < 4.78 is 16.1. The van der Waals surface area contributed by atoms with E-state index in [2.05, 4.69) is 49.9 Å². The van der Waals surface area contributed by atoms with E-state index in [1.165, 1.54) is 5.39 Å². The molecule has 3 N–H and O–H groups in total. The van der Waals surface area contributed by atoms with Crippen molar-refractivity contribution >= 4 is 21.8 Å². The van der Waals surface area contributed by atoms with Crippen LogP contribution in [0.2, 0.25) is 0 Å². The zero-order chi connectivity index (χ0) is 16.7. The molecule has 3 rings (SSSR count). The van der Waals surface area contributed by atoms with Crippen LogP contribution in [0.5, 0.6) is 0 Å². The summed E-state index contributed by atoms with van der Waals surface area (Å²) in [6.07, 6.45) is 2.05. The summed E-state index contributed by atoms with van der Waals surface area (Å²) in [6, 6.07) is 14.5. The first-order valence-corrected chi connectivity index (χ1v) is 9.43. The van der Waals surface area contributed by atoms with Crippen molar-refractivity contribution in [3.05, 3.63) is 42.5 Å². The van der Waals surface area contributed by atoms with Crippen LogP contribution >= 0.6 is 0 Å². The molecule has 1 aliphatic rings. The van der Waals surface area contributed by atoms with Crippen LogP contribution < -0.4 is 10.0 Å².